The van der Waals surface area contributed by atoms with E-state index in [1.807, 2.05) is 19.1 Å². The minimum Gasteiger partial charge on any atom is -0.384 e. The fraction of sp³-hybridized carbons (Fsp3) is 0.375. The van der Waals surface area contributed by atoms with Crippen LogP contribution in [-0.4, -0.2) is 22.9 Å². The molecule has 110 valence electrons. The molecule has 1 aromatic carbocycles. The third-order valence-corrected chi connectivity index (χ3v) is 3.68. The number of nitrogens with zero attached hydrogens (tertiary/aromatic N) is 2. The van der Waals surface area contributed by atoms with Gasteiger partial charge in [-0.3, -0.25) is 4.79 Å². The largest absolute Gasteiger partial charge is 0.384 e. The van der Waals surface area contributed by atoms with Crippen LogP contribution in [0.3, 0.4) is 0 Å². The Labute approximate surface area is 123 Å². The molecule has 5 nitrogen and oxygen atoms in total. The van der Waals surface area contributed by atoms with Gasteiger partial charge in [-0.15, -0.1) is 0 Å². The summed E-state index contributed by atoms with van der Waals surface area (Å²) in [6.45, 7) is 3.89. The second-order valence-corrected chi connectivity index (χ2v) is 5.10. The van der Waals surface area contributed by atoms with Gasteiger partial charge in [0.1, 0.15) is 6.10 Å². The molecule has 0 fully saturated rings. The average Bonchev–Trinajstić information content (AvgIpc) is 2.51. The summed E-state index contributed by atoms with van der Waals surface area (Å²) in [4.78, 5) is 12.1. The first-order valence-corrected chi connectivity index (χ1v) is 7.28. The number of benzene rings is 1. The molecule has 0 aliphatic carbocycles. The number of ether oxygens (including phenoxy) is 1. The van der Waals surface area contributed by atoms with Crippen LogP contribution in [0.25, 0.3) is 0 Å². The van der Waals surface area contributed by atoms with Crippen molar-refractivity contribution in [3.05, 3.63) is 58.0 Å². The molecule has 0 bridgehead atoms. The van der Waals surface area contributed by atoms with Gasteiger partial charge in [0.2, 0.25) is 0 Å². The summed E-state index contributed by atoms with van der Waals surface area (Å²) in [7, 11) is 0. The SMILES string of the molecule is CCNc1cnn(CC2OCCc3ccccc32)c(=O)c1. The lowest BCUT2D eigenvalue weighted by molar-refractivity contribution is 0.0273. The van der Waals surface area contributed by atoms with Gasteiger partial charge >= 0.3 is 0 Å². The summed E-state index contributed by atoms with van der Waals surface area (Å²) >= 11 is 0. The molecule has 1 aliphatic heterocycles. The minimum absolute atomic E-state index is 0.106. The van der Waals surface area contributed by atoms with Gasteiger partial charge in [0.05, 0.1) is 25.0 Å². The zero-order chi connectivity index (χ0) is 14.7. The molecule has 5 heteroatoms. The standard InChI is InChI=1S/C16H19N3O2/c1-2-17-13-9-16(20)19(18-10-13)11-15-14-6-4-3-5-12(14)7-8-21-15/h3-6,9-10,15,17H,2,7-8,11H2,1H3. The van der Waals surface area contributed by atoms with Gasteiger partial charge in [0.25, 0.3) is 5.56 Å². The van der Waals surface area contributed by atoms with Gasteiger partial charge < -0.3 is 10.1 Å². The molecule has 1 aliphatic rings. The molecule has 1 aromatic heterocycles. The van der Waals surface area contributed by atoms with E-state index in [-0.39, 0.29) is 11.7 Å². The Morgan fingerprint density at radius 3 is 3.10 bits per heavy atom. The maximum atomic E-state index is 12.1. The molecule has 2 aromatic rings. The van der Waals surface area contributed by atoms with Crippen LogP contribution in [0, 0.1) is 0 Å². The predicted molar refractivity (Wildman–Crippen MR) is 81.5 cm³/mol. The zero-order valence-corrected chi connectivity index (χ0v) is 12.1. The molecule has 1 atom stereocenters. The maximum Gasteiger partial charge on any atom is 0.268 e. The summed E-state index contributed by atoms with van der Waals surface area (Å²) < 4.78 is 7.29. The van der Waals surface area contributed by atoms with Crippen LogP contribution in [0.2, 0.25) is 0 Å². The molecule has 2 heterocycles. The number of hydrogen-bond acceptors (Lipinski definition) is 4. The van der Waals surface area contributed by atoms with Crippen molar-refractivity contribution in [3.63, 3.8) is 0 Å². The Kier molecular flexibility index (Phi) is 4.01. The fourth-order valence-electron chi connectivity index (χ4n) is 2.66. The van der Waals surface area contributed by atoms with E-state index in [9.17, 15) is 4.79 Å². The van der Waals surface area contributed by atoms with Crippen molar-refractivity contribution in [2.75, 3.05) is 18.5 Å². The quantitative estimate of drug-likeness (QED) is 0.933. The highest BCUT2D eigenvalue weighted by molar-refractivity contribution is 5.38. The van der Waals surface area contributed by atoms with Crippen LogP contribution >= 0.6 is 0 Å². The van der Waals surface area contributed by atoms with E-state index in [0.717, 1.165) is 24.2 Å². The third-order valence-electron chi connectivity index (χ3n) is 3.68. The Morgan fingerprint density at radius 2 is 2.29 bits per heavy atom. The number of rotatable bonds is 4. The lowest BCUT2D eigenvalue weighted by Crippen LogP contribution is -2.28. The topological polar surface area (TPSA) is 56.1 Å². The van der Waals surface area contributed by atoms with Crippen molar-refractivity contribution < 1.29 is 4.74 Å². The van der Waals surface area contributed by atoms with Crippen molar-refractivity contribution in [2.24, 2.45) is 0 Å². The predicted octanol–water partition coefficient (Wildman–Crippen LogP) is 1.99. The highest BCUT2D eigenvalue weighted by atomic mass is 16.5. The smallest absolute Gasteiger partial charge is 0.268 e. The van der Waals surface area contributed by atoms with Crippen LogP contribution in [0.15, 0.2) is 41.3 Å². The van der Waals surface area contributed by atoms with E-state index < -0.39 is 0 Å². The van der Waals surface area contributed by atoms with E-state index in [0.29, 0.717) is 13.2 Å². The Bertz CT molecular complexity index is 681. The van der Waals surface area contributed by atoms with Gasteiger partial charge in [-0.1, -0.05) is 24.3 Å². The summed E-state index contributed by atoms with van der Waals surface area (Å²) in [5.41, 5.74) is 3.10. The van der Waals surface area contributed by atoms with Crippen molar-refractivity contribution in [1.82, 2.24) is 9.78 Å². The van der Waals surface area contributed by atoms with Crippen molar-refractivity contribution in [1.29, 1.82) is 0 Å². The zero-order valence-electron chi connectivity index (χ0n) is 12.1. The summed E-state index contributed by atoms with van der Waals surface area (Å²) in [6, 6.07) is 9.81. The lowest BCUT2D eigenvalue weighted by atomic mass is 9.98. The molecular weight excluding hydrogens is 266 g/mol. The first-order valence-electron chi connectivity index (χ1n) is 7.28. The van der Waals surface area contributed by atoms with Crippen molar-refractivity contribution in [3.8, 4) is 0 Å². The molecule has 3 rings (SSSR count). The first kappa shape index (κ1) is 13.8. The normalized spacial score (nSPS) is 17.3. The van der Waals surface area contributed by atoms with Gasteiger partial charge in [-0.2, -0.15) is 5.10 Å². The van der Waals surface area contributed by atoms with E-state index in [2.05, 4.69) is 22.5 Å². The first-order chi connectivity index (χ1) is 10.3. The molecule has 1 N–H and O–H groups in total. The number of hydrogen-bond donors (Lipinski definition) is 1. The maximum absolute atomic E-state index is 12.1. The summed E-state index contributed by atoms with van der Waals surface area (Å²) in [5, 5.41) is 7.31. The molecule has 0 radical (unpaired) electrons. The van der Waals surface area contributed by atoms with Crippen LogP contribution in [0.1, 0.15) is 24.2 Å². The molecule has 0 saturated heterocycles. The molecule has 0 amide bonds. The van der Waals surface area contributed by atoms with Crippen LogP contribution in [0.5, 0.6) is 0 Å². The van der Waals surface area contributed by atoms with Gasteiger partial charge in [0, 0.05) is 12.6 Å². The van der Waals surface area contributed by atoms with E-state index >= 15 is 0 Å². The Hall–Kier alpha value is -2.14. The third kappa shape index (κ3) is 2.97. The molecule has 1 unspecified atom stereocenters. The van der Waals surface area contributed by atoms with E-state index in [1.54, 1.807) is 12.3 Å². The molecular formula is C16H19N3O2. The van der Waals surface area contributed by atoms with Crippen LogP contribution < -0.4 is 10.9 Å². The fourth-order valence-corrected chi connectivity index (χ4v) is 2.66. The van der Waals surface area contributed by atoms with Gasteiger partial charge in [-0.05, 0) is 24.5 Å². The van der Waals surface area contributed by atoms with Gasteiger partial charge in [0.15, 0.2) is 0 Å². The Balaban J connectivity index is 1.83. The Morgan fingerprint density at radius 1 is 1.43 bits per heavy atom. The van der Waals surface area contributed by atoms with E-state index in [4.69, 9.17) is 4.74 Å². The van der Waals surface area contributed by atoms with Gasteiger partial charge in [-0.25, -0.2) is 4.68 Å². The van der Waals surface area contributed by atoms with E-state index in [1.165, 1.54) is 10.2 Å². The van der Waals surface area contributed by atoms with Crippen molar-refractivity contribution in [2.45, 2.75) is 26.0 Å². The average molecular weight is 285 g/mol. The molecule has 21 heavy (non-hydrogen) atoms. The number of anilines is 1. The summed E-state index contributed by atoms with van der Waals surface area (Å²) in [5.74, 6) is 0. The number of nitrogens with one attached hydrogen (secondary N) is 1. The van der Waals surface area contributed by atoms with Crippen molar-refractivity contribution >= 4 is 5.69 Å². The molecule has 0 saturated carbocycles. The summed E-state index contributed by atoms with van der Waals surface area (Å²) in [6.07, 6.45) is 2.50. The lowest BCUT2D eigenvalue weighted by Gasteiger charge is -2.26. The second kappa shape index (κ2) is 6.10. The number of aromatic nitrogens is 2. The van der Waals surface area contributed by atoms with Crippen LogP contribution in [-0.2, 0) is 17.7 Å². The monoisotopic (exact) mass is 285 g/mol. The highest BCUT2D eigenvalue weighted by Gasteiger charge is 2.21. The molecule has 0 spiro atoms. The number of fused-ring (bicyclic) bond motifs is 1. The minimum atomic E-state index is -0.111. The highest BCUT2D eigenvalue weighted by Crippen LogP contribution is 2.27. The van der Waals surface area contributed by atoms with Crippen LogP contribution in [0.4, 0.5) is 5.69 Å². The second-order valence-electron chi connectivity index (χ2n) is 5.10.